The Labute approximate surface area is 252 Å². The van der Waals surface area contributed by atoms with Crippen LogP contribution in [0, 0.1) is 11.3 Å². The van der Waals surface area contributed by atoms with E-state index in [0.717, 1.165) is 28.7 Å². The average molecular weight is 583 g/mol. The quantitative estimate of drug-likeness (QED) is 0.405. The van der Waals surface area contributed by atoms with E-state index in [2.05, 4.69) is 24.1 Å². The molecule has 1 atom stereocenters. The van der Waals surface area contributed by atoms with E-state index >= 15 is 0 Å². The summed E-state index contributed by atoms with van der Waals surface area (Å²) in [6, 6.07) is 19.0. The third-order valence-electron chi connectivity index (χ3n) is 8.17. The highest BCUT2D eigenvalue weighted by molar-refractivity contribution is 6.08. The Morgan fingerprint density at radius 1 is 1.00 bits per heavy atom. The van der Waals surface area contributed by atoms with Gasteiger partial charge in [0.1, 0.15) is 5.54 Å². The highest BCUT2D eigenvalue weighted by Gasteiger charge is 2.50. The van der Waals surface area contributed by atoms with Gasteiger partial charge in [0.2, 0.25) is 0 Å². The molecule has 10 heteroatoms. The maximum absolute atomic E-state index is 14.3. The van der Waals surface area contributed by atoms with Gasteiger partial charge in [-0.2, -0.15) is 0 Å². The van der Waals surface area contributed by atoms with Gasteiger partial charge in [-0.3, -0.25) is 24.9 Å². The number of guanidine groups is 1. The van der Waals surface area contributed by atoms with Gasteiger partial charge in [0.25, 0.3) is 11.8 Å². The molecule has 3 amide bonds. The van der Waals surface area contributed by atoms with Gasteiger partial charge < -0.3 is 19.9 Å². The molecule has 2 aromatic carbocycles. The summed E-state index contributed by atoms with van der Waals surface area (Å²) in [4.78, 5) is 48.4. The van der Waals surface area contributed by atoms with E-state index in [1.54, 1.807) is 40.4 Å². The predicted octanol–water partition coefficient (Wildman–Crippen LogP) is 4.47. The fourth-order valence-corrected chi connectivity index (χ4v) is 5.71. The number of methoxy groups -OCH3 is 1. The van der Waals surface area contributed by atoms with E-state index < -0.39 is 11.6 Å². The summed E-state index contributed by atoms with van der Waals surface area (Å²) in [7, 11) is 1.35. The summed E-state index contributed by atoms with van der Waals surface area (Å²) in [5.41, 5.74) is 2.89. The Bertz CT molecular complexity index is 1500. The zero-order valence-corrected chi connectivity index (χ0v) is 24.9. The molecule has 2 N–H and O–H groups in total. The molecule has 2 fully saturated rings. The number of carbonyl (C=O) groups excluding carboxylic acids is 3. The van der Waals surface area contributed by atoms with Crippen molar-refractivity contribution in [3.05, 3.63) is 89.7 Å². The van der Waals surface area contributed by atoms with Crippen molar-refractivity contribution in [1.82, 2.24) is 25.0 Å². The number of nitrogens with one attached hydrogen (secondary N) is 2. The molecule has 0 bridgehead atoms. The molecule has 0 saturated carbocycles. The van der Waals surface area contributed by atoms with Gasteiger partial charge in [0.15, 0.2) is 5.96 Å². The first-order valence-electron chi connectivity index (χ1n) is 14.6. The Balaban J connectivity index is 1.37. The molecule has 224 valence electrons. The van der Waals surface area contributed by atoms with Crippen molar-refractivity contribution in [3.8, 4) is 11.1 Å². The van der Waals surface area contributed by atoms with Gasteiger partial charge in [0.05, 0.1) is 13.7 Å². The van der Waals surface area contributed by atoms with Crippen LogP contribution in [0.1, 0.15) is 48.2 Å². The fourth-order valence-electron chi connectivity index (χ4n) is 5.71. The molecule has 1 aromatic heterocycles. The van der Waals surface area contributed by atoms with E-state index in [4.69, 9.17) is 10.1 Å². The van der Waals surface area contributed by atoms with Crippen molar-refractivity contribution in [1.29, 1.82) is 5.41 Å². The maximum Gasteiger partial charge on any atom is 0.409 e. The Morgan fingerprint density at radius 2 is 1.72 bits per heavy atom. The maximum atomic E-state index is 14.3. The van der Waals surface area contributed by atoms with Gasteiger partial charge in [-0.05, 0) is 65.3 Å². The minimum absolute atomic E-state index is 0.0381. The van der Waals surface area contributed by atoms with Crippen molar-refractivity contribution in [3.63, 3.8) is 0 Å². The molecule has 2 saturated heterocycles. The largest absolute Gasteiger partial charge is 0.453 e. The van der Waals surface area contributed by atoms with Gasteiger partial charge in [-0.25, -0.2) is 4.79 Å². The number of carbonyl (C=O) groups is 3. The van der Waals surface area contributed by atoms with Crippen LogP contribution >= 0.6 is 0 Å². The summed E-state index contributed by atoms with van der Waals surface area (Å²) < 4.78 is 4.79. The molecular formula is C33H38N6O4. The van der Waals surface area contributed by atoms with Crippen LogP contribution in [0.2, 0.25) is 0 Å². The molecule has 43 heavy (non-hydrogen) atoms. The van der Waals surface area contributed by atoms with Crippen molar-refractivity contribution < 1.29 is 19.1 Å². The summed E-state index contributed by atoms with van der Waals surface area (Å²) in [5.74, 6) is 0.0903. The van der Waals surface area contributed by atoms with Gasteiger partial charge in [-0.1, -0.05) is 50.2 Å². The van der Waals surface area contributed by atoms with Crippen LogP contribution in [0.15, 0.2) is 73.1 Å². The van der Waals surface area contributed by atoms with E-state index in [-0.39, 0.29) is 24.3 Å². The zero-order chi connectivity index (χ0) is 30.6. The Hall–Kier alpha value is -4.73. The summed E-state index contributed by atoms with van der Waals surface area (Å²) in [5, 5.41) is 12.1. The number of hydrogen-bond acceptors (Lipinski definition) is 6. The summed E-state index contributed by atoms with van der Waals surface area (Å²) in [6.45, 7) is 6.04. The number of ether oxygens (including phenoxy) is 1. The lowest BCUT2D eigenvalue weighted by atomic mass is 9.82. The first-order chi connectivity index (χ1) is 20.7. The van der Waals surface area contributed by atoms with Crippen LogP contribution < -0.4 is 5.32 Å². The molecule has 3 heterocycles. The van der Waals surface area contributed by atoms with Gasteiger partial charge in [0, 0.05) is 44.1 Å². The van der Waals surface area contributed by atoms with Crippen LogP contribution in [-0.4, -0.2) is 76.8 Å². The van der Waals surface area contributed by atoms with E-state index in [1.807, 2.05) is 42.5 Å². The average Bonchev–Trinajstić information content (AvgIpc) is 3.28. The number of pyridine rings is 1. The second-order valence-corrected chi connectivity index (χ2v) is 11.5. The molecule has 10 nitrogen and oxygen atoms in total. The smallest absolute Gasteiger partial charge is 0.409 e. The predicted molar refractivity (Wildman–Crippen MR) is 163 cm³/mol. The molecular weight excluding hydrogens is 544 g/mol. The second-order valence-electron chi connectivity index (χ2n) is 11.5. The van der Waals surface area contributed by atoms with Crippen LogP contribution in [0.25, 0.3) is 11.1 Å². The van der Waals surface area contributed by atoms with Crippen molar-refractivity contribution in [2.24, 2.45) is 5.92 Å². The lowest BCUT2D eigenvalue weighted by Crippen LogP contribution is -2.50. The van der Waals surface area contributed by atoms with E-state index in [9.17, 15) is 14.4 Å². The number of rotatable bonds is 8. The van der Waals surface area contributed by atoms with Crippen molar-refractivity contribution in [2.45, 2.75) is 38.8 Å². The number of nitrogens with zero attached hydrogens (tertiary/aromatic N) is 4. The first-order valence-corrected chi connectivity index (χ1v) is 14.6. The zero-order valence-electron chi connectivity index (χ0n) is 24.9. The third-order valence-corrected chi connectivity index (χ3v) is 8.17. The Kier molecular flexibility index (Phi) is 8.75. The number of amides is 3. The minimum atomic E-state index is -1.08. The molecule has 2 aliphatic heterocycles. The third kappa shape index (κ3) is 6.23. The van der Waals surface area contributed by atoms with Crippen LogP contribution in [-0.2, 0) is 21.6 Å². The number of aromatic nitrogens is 1. The van der Waals surface area contributed by atoms with Crippen LogP contribution in [0.5, 0.6) is 0 Å². The normalized spacial score (nSPS) is 18.7. The SMILES string of the molecule is COC(=O)N1CCN(C(=O)c2cccc(CN3C(=N)NC(CCC(C)C)(c4cccc(-c5cccnc5)c4)C3=O)c2)CC1. The lowest BCUT2D eigenvalue weighted by molar-refractivity contribution is -0.132. The van der Waals surface area contributed by atoms with Crippen molar-refractivity contribution in [2.75, 3.05) is 33.3 Å². The summed E-state index contributed by atoms with van der Waals surface area (Å²) in [6.07, 6.45) is 4.46. The topological polar surface area (TPSA) is 119 Å². The van der Waals surface area contributed by atoms with Crippen molar-refractivity contribution >= 4 is 23.9 Å². The molecule has 5 rings (SSSR count). The number of benzene rings is 2. The van der Waals surface area contributed by atoms with E-state index in [0.29, 0.717) is 44.1 Å². The molecule has 1 unspecified atom stereocenters. The second kappa shape index (κ2) is 12.6. The molecule has 0 spiro atoms. The van der Waals surface area contributed by atoms with E-state index in [1.165, 1.54) is 12.0 Å². The molecule has 0 aliphatic carbocycles. The van der Waals surface area contributed by atoms with Gasteiger partial charge >= 0.3 is 6.09 Å². The first kappa shape index (κ1) is 29.8. The number of hydrogen-bond donors (Lipinski definition) is 2. The highest BCUT2D eigenvalue weighted by atomic mass is 16.5. The Morgan fingerprint density at radius 3 is 2.42 bits per heavy atom. The molecule has 0 radical (unpaired) electrons. The highest BCUT2D eigenvalue weighted by Crippen LogP contribution is 2.37. The molecule has 2 aliphatic rings. The minimum Gasteiger partial charge on any atom is -0.453 e. The standard InChI is InChI=1S/C33H38N6O4/c1-23(2)12-13-33(28-11-5-8-25(20-28)27-10-6-14-35-21-27)30(41)39(31(34)36-33)22-24-7-4-9-26(19-24)29(40)37-15-17-38(18-16-37)32(42)43-3/h4-11,14,19-21,23H,12-13,15-18,22H2,1-3H3,(H2,34,36). The monoisotopic (exact) mass is 582 g/mol. The fraction of sp³-hybridized carbons (Fsp3) is 0.364. The summed E-state index contributed by atoms with van der Waals surface area (Å²) >= 11 is 0. The molecule has 3 aromatic rings. The van der Waals surface area contributed by atoms with Crippen LogP contribution in [0.4, 0.5) is 4.79 Å². The van der Waals surface area contributed by atoms with Gasteiger partial charge in [-0.15, -0.1) is 0 Å². The van der Waals surface area contributed by atoms with Crippen LogP contribution in [0.3, 0.4) is 0 Å². The lowest BCUT2D eigenvalue weighted by Gasteiger charge is -2.34. The number of piperazine rings is 1.